The first-order chi connectivity index (χ1) is 8.17. The number of thiazole rings is 1. The summed E-state index contributed by atoms with van der Waals surface area (Å²) in [5.41, 5.74) is 0.870. The molecule has 0 aliphatic rings. The number of rotatable bonds is 4. The van der Waals surface area contributed by atoms with E-state index in [1.54, 1.807) is 24.5 Å². The average molecular weight is 250 g/mol. The van der Waals surface area contributed by atoms with Crippen LogP contribution in [0.15, 0.2) is 12.3 Å². The van der Waals surface area contributed by atoms with E-state index in [0.717, 1.165) is 10.7 Å². The van der Waals surface area contributed by atoms with Crippen molar-refractivity contribution < 1.29 is 4.74 Å². The molecule has 0 aromatic carbocycles. The van der Waals surface area contributed by atoms with Gasteiger partial charge in [-0.25, -0.2) is 9.97 Å². The van der Waals surface area contributed by atoms with Gasteiger partial charge in [-0.2, -0.15) is 4.98 Å². The molecular formula is C11H14N4OS. The van der Waals surface area contributed by atoms with Crippen LogP contribution in [0.25, 0.3) is 0 Å². The van der Waals surface area contributed by atoms with Crippen molar-refractivity contribution in [3.8, 4) is 5.88 Å². The molecule has 0 fully saturated rings. The molecule has 90 valence electrons. The lowest BCUT2D eigenvalue weighted by atomic mass is 10.4. The van der Waals surface area contributed by atoms with E-state index in [9.17, 15) is 0 Å². The van der Waals surface area contributed by atoms with E-state index in [4.69, 9.17) is 4.74 Å². The number of aryl methyl sites for hydroxylation is 2. The van der Waals surface area contributed by atoms with E-state index in [1.807, 2.05) is 20.0 Å². The van der Waals surface area contributed by atoms with Gasteiger partial charge in [-0.15, -0.1) is 11.3 Å². The van der Waals surface area contributed by atoms with Crippen molar-refractivity contribution in [3.63, 3.8) is 0 Å². The average Bonchev–Trinajstić information content (AvgIpc) is 2.72. The number of aromatic nitrogens is 3. The van der Waals surface area contributed by atoms with Gasteiger partial charge in [0.05, 0.1) is 13.7 Å². The molecule has 1 N–H and O–H groups in total. The summed E-state index contributed by atoms with van der Waals surface area (Å²) in [7, 11) is 1.59. The van der Waals surface area contributed by atoms with Crippen molar-refractivity contribution in [1.82, 2.24) is 15.0 Å². The molecule has 0 saturated carbocycles. The molecule has 0 spiro atoms. The fourth-order valence-corrected chi connectivity index (χ4v) is 2.09. The number of ether oxygens (including phenoxy) is 1. The Labute approximate surface area is 104 Å². The molecule has 0 aliphatic carbocycles. The van der Waals surface area contributed by atoms with Gasteiger partial charge in [0, 0.05) is 22.8 Å². The lowest BCUT2D eigenvalue weighted by Crippen LogP contribution is -2.05. The highest BCUT2D eigenvalue weighted by Crippen LogP contribution is 2.14. The van der Waals surface area contributed by atoms with Crippen LogP contribution in [0, 0.1) is 13.8 Å². The molecule has 2 heterocycles. The monoisotopic (exact) mass is 250 g/mol. The van der Waals surface area contributed by atoms with Crippen LogP contribution in [0.2, 0.25) is 0 Å². The number of nitrogens with zero attached hydrogens (tertiary/aromatic N) is 3. The Kier molecular flexibility index (Phi) is 3.53. The zero-order chi connectivity index (χ0) is 12.3. The minimum atomic E-state index is 0.565. The zero-order valence-corrected chi connectivity index (χ0v) is 10.8. The number of hydrogen-bond donors (Lipinski definition) is 1. The smallest absolute Gasteiger partial charge is 0.226 e. The van der Waals surface area contributed by atoms with E-state index in [2.05, 4.69) is 20.3 Å². The van der Waals surface area contributed by atoms with Gasteiger partial charge >= 0.3 is 0 Å². The Morgan fingerprint density at radius 1 is 1.35 bits per heavy atom. The summed E-state index contributed by atoms with van der Waals surface area (Å²) in [5.74, 6) is 1.13. The quantitative estimate of drug-likeness (QED) is 0.901. The van der Waals surface area contributed by atoms with Crippen molar-refractivity contribution in [2.45, 2.75) is 20.4 Å². The van der Waals surface area contributed by atoms with Gasteiger partial charge in [-0.05, 0) is 13.8 Å². The summed E-state index contributed by atoms with van der Waals surface area (Å²) in [4.78, 5) is 13.9. The second-order valence-corrected chi connectivity index (χ2v) is 4.91. The Bertz CT molecular complexity index is 512. The molecule has 17 heavy (non-hydrogen) atoms. The van der Waals surface area contributed by atoms with Crippen LogP contribution in [0.4, 0.5) is 5.95 Å². The molecule has 6 heteroatoms. The lowest BCUT2D eigenvalue weighted by molar-refractivity contribution is 0.397. The lowest BCUT2D eigenvalue weighted by Gasteiger charge is -2.05. The minimum Gasteiger partial charge on any atom is -0.481 e. The maximum Gasteiger partial charge on any atom is 0.226 e. The molecular weight excluding hydrogens is 236 g/mol. The third-order valence-corrected chi connectivity index (χ3v) is 3.02. The van der Waals surface area contributed by atoms with Gasteiger partial charge in [0.25, 0.3) is 0 Å². The molecule has 0 bridgehead atoms. The van der Waals surface area contributed by atoms with Gasteiger partial charge < -0.3 is 10.1 Å². The fourth-order valence-electron chi connectivity index (χ4n) is 1.36. The standard InChI is InChI=1S/C11H14N4OS/c1-7-4-9(16-3)15-11(14-7)13-6-10-12-5-8(2)17-10/h4-5H,6H2,1-3H3,(H,13,14,15). The van der Waals surface area contributed by atoms with Gasteiger partial charge in [-0.3, -0.25) is 0 Å². The topological polar surface area (TPSA) is 59.9 Å². The Hall–Kier alpha value is -1.69. The van der Waals surface area contributed by atoms with E-state index in [0.29, 0.717) is 18.4 Å². The third-order valence-electron chi connectivity index (χ3n) is 2.11. The molecule has 2 rings (SSSR count). The summed E-state index contributed by atoms with van der Waals surface area (Å²) in [6.45, 7) is 4.57. The van der Waals surface area contributed by atoms with E-state index in [-0.39, 0.29) is 0 Å². The summed E-state index contributed by atoms with van der Waals surface area (Å²) < 4.78 is 5.09. The predicted molar refractivity (Wildman–Crippen MR) is 67.5 cm³/mol. The second-order valence-electron chi connectivity index (χ2n) is 3.59. The number of anilines is 1. The first kappa shape index (κ1) is 11.8. The Morgan fingerprint density at radius 2 is 2.18 bits per heavy atom. The normalized spacial score (nSPS) is 10.3. The molecule has 0 unspecified atom stereocenters. The summed E-state index contributed by atoms with van der Waals surface area (Å²) in [6.07, 6.45) is 1.86. The molecule has 5 nitrogen and oxygen atoms in total. The van der Waals surface area contributed by atoms with E-state index in [1.165, 1.54) is 4.88 Å². The van der Waals surface area contributed by atoms with Crippen LogP contribution in [-0.4, -0.2) is 22.1 Å². The first-order valence-electron chi connectivity index (χ1n) is 5.22. The maximum atomic E-state index is 5.09. The molecule has 2 aromatic heterocycles. The number of nitrogens with one attached hydrogen (secondary N) is 1. The molecule has 2 aromatic rings. The fraction of sp³-hybridized carbons (Fsp3) is 0.364. The largest absolute Gasteiger partial charge is 0.481 e. The van der Waals surface area contributed by atoms with Crippen molar-refractivity contribution in [2.75, 3.05) is 12.4 Å². The van der Waals surface area contributed by atoms with Crippen molar-refractivity contribution in [3.05, 3.63) is 27.8 Å². The maximum absolute atomic E-state index is 5.09. The highest BCUT2D eigenvalue weighted by molar-refractivity contribution is 7.11. The van der Waals surface area contributed by atoms with Crippen LogP contribution in [0.1, 0.15) is 15.6 Å². The van der Waals surface area contributed by atoms with Gasteiger partial charge in [0.1, 0.15) is 5.01 Å². The highest BCUT2D eigenvalue weighted by Gasteiger charge is 2.03. The Balaban J connectivity index is 2.05. The summed E-state index contributed by atoms with van der Waals surface area (Å²) >= 11 is 1.66. The predicted octanol–water partition coefficient (Wildman–Crippen LogP) is 2.17. The summed E-state index contributed by atoms with van der Waals surface area (Å²) in [6, 6.07) is 1.79. The Morgan fingerprint density at radius 3 is 2.82 bits per heavy atom. The van der Waals surface area contributed by atoms with Crippen molar-refractivity contribution in [1.29, 1.82) is 0 Å². The van der Waals surface area contributed by atoms with Gasteiger partial charge in [0.15, 0.2) is 0 Å². The van der Waals surface area contributed by atoms with Gasteiger partial charge in [0.2, 0.25) is 11.8 Å². The molecule has 0 saturated heterocycles. The number of hydrogen-bond acceptors (Lipinski definition) is 6. The van der Waals surface area contributed by atoms with Crippen molar-refractivity contribution >= 4 is 17.3 Å². The molecule has 0 atom stereocenters. The minimum absolute atomic E-state index is 0.565. The zero-order valence-electron chi connectivity index (χ0n) is 10.0. The van der Waals surface area contributed by atoms with E-state index >= 15 is 0 Å². The number of methoxy groups -OCH3 is 1. The van der Waals surface area contributed by atoms with Crippen LogP contribution in [0.5, 0.6) is 5.88 Å². The van der Waals surface area contributed by atoms with Crippen LogP contribution >= 0.6 is 11.3 Å². The van der Waals surface area contributed by atoms with Crippen molar-refractivity contribution in [2.24, 2.45) is 0 Å². The van der Waals surface area contributed by atoms with Crippen LogP contribution in [-0.2, 0) is 6.54 Å². The van der Waals surface area contributed by atoms with Gasteiger partial charge in [-0.1, -0.05) is 0 Å². The molecule has 0 aliphatic heterocycles. The highest BCUT2D eigenvalue weighted by atomic mass is 32.1. The third kappa shape index (κ3) is 3.13. The molecule has 0 radical (unpaired) electrons. The second kappa shape index (κ2) is 5.09. The van der Waals surface area contributed by atoms with Crippen LogP contribution in [0.3, 0.4) is 0 Å². The summed E-state index contributed by atoms with van der Waals surface area (Å²) in [5, 5.41) is 4.16. The van der Waals surface area contributed by atoms with E-state index < -0.39 is 0 Å². The first-order valence-corrected chi connectivity index (χ1v) is 6.04. The molecule has 0 amide bonds. The van der Waals surface area contributed by atoms with Crippen LogP contribution < -0.4 is 10.1 Å². The SMILES string of the molecule is COc1cc(C)nc(NCc2ncc(C)s2)n1.